The molecule has 0 unspecified atom stereocenters. The highest BCUT2D eigenvalue weighted by molar-refractivity contribution is 9.10. The number of amides is 1. The maximum absolute atomic E-state index is 13.4. The Balaban J connectivity index is 2.14. The van der Waals surface area contributed by atoms with E-state index in [1.807, 2.05) is 11.8 Å². The summed E-state index contributed by atoms with van der Waals surface area (Å²) in [5.41, 5.74) is 0.413. The van der Waals surface area contributed by atoms with Crippen molar-refractivity contribution in [2.24, 2.45) is 5.92 Å². The molecule has 0 bridgehead atoms. The van der Waals surface area contributed by atoms with Crippen molar-refractivity contribution >= 4 is 21.8 Å². The van der Waals surface area contributed by atoms with Crippen LogP contribution in [0.1, 0.15) is 36.5 Å². The summed E-state index contributed by atoms with van der Waals surface area (Å²) in [5.74, 6) is 0.151. The molecule has 0 radical (unpaired) electrons. The molecule has 0 N–H and O–H groups in total. The van der Waals surface area contributed by atoms with Crippen LogP contribution in [0.2, 0.25) is 0 Å². The monoisotopic (exact) mass is 313 g/mol. The second kappa shape index (κ2) is 5.83. The van der Waals surface area contributed by atoms with Crippen LogP contribution < -0.4 is 0 Å². The number of hydrogen-bond donors (Lipinski definition) is 0. The van der Waals surface area contributed by atoms with Crippen LogP contribution in [-0.4, -0.2) is 23.9 Å². The molecule has 0 spiro atoms. The second-order valence-electron chi connectivity index (χ2n) is 4.74. The number of rotatable bonds is 4. The molecule has 1 amide bonds. The Morgan fingerprint density at radius 3 is 2.78 bits per heavy atom. The average molecular weight is 314 g/mol. The van der Waals surface area contributed by atoms with Crippen LogP contribution in [0.4, 0.5) is 4.39 Å². The maximum Gasteiger partial charge on any atom is 0.255 e. The molecule has 0 atom stereocenters. The zero-order valence-corrected chi connectivity index (χ0v) is 12.0. The van der Waals surface area contributed by atoms with Gasteiger partial charge in [-0.1, -0.05) is 12.5 Å². The van der Waals surface area contributed by atoms with E-state index in [1.54, 1.807) is 12.1 Å². The minimum absolute atomic E-state index is 0.0872. The number of halogens is 2. The number of hydrogen-bond acceptors (Lipinski definition) is 1. The third kappa shape index (κ3) is 2.74. The highest BCUT2D eigenvalue weighted by Crippen LogP contribution is 2.28. The Kier molecular flexibility index (Phi) is 4.38. The molecule has 98 valence electrons. The average Bonchev–Trinajstić information content (AvgIpc) is 2.31. The Morgan fingerprint density at radius 2 is 2.22 bits per heavy atom. The van der Waals surface area contributed by atoms with Gasteiger partial charge in [-0.05, 0) is 53.7 Å². The molecule has 2 rings (SSSR count). The molecular weight excluding hydrogens is 297 g/mol. The SMILES string of the molecule is CCN(CC1CCC1)C(=O)c1cccc(F)c1Br. The minimum atomic E-state index is -0.388. The molecule has 0 heterocycles. The van der Waals surface area contributed by atoms with Gasteiger partial charge in [-0.2, -0.15) is 0 Å². The van der Waals surface area contributed by atoms with Crippen LogP contribution in [0, 0.1) is 11.7 Å². The van der Waals surface area contributed by atoms with E-state index < -0.39 is 0 Å². The highest BCUT2D eigenvalue weighted by atomic mass is 79.9. The molecule has 0 saturated heterocycles. The summed E-state index contributed by atoms with van der Waals surface area (Å²) >= 11 is 3.15. The molecule has 18 heavy (non-hydrogen) atoms. The second-order valence-corrected chi connectivity index (χ2v) is 5.54. The summed E-state index contributed by atoms with van der Waals surface area (Å²) in [4.78, 5) is 14.2. The predicted octanol–water partition coefficient (Wildman–Crippen LogP) is 3.85. The molecule has 1 aliphatic carbocycles. The lowest BCUT2D eigenvalue weighted by molar-refractivity contribution is 0.0705. The molecule has 2 nitrogen and oxygen atoms in total. The fraction of sp³-hybridized carbons (Fsp3) is 0.500. The molecule has 1 fully saturated rings. The third-order valence-electron chi connectivity index (χ3n) is 3.55. The maximum atomic E-state index is 13.4. The van der Waals surface area contributed by atoms with E-state index in [1.165, 1.54) is 25.3 Å². The van der Waals surface area contributed by atoms with Gasteiger partial charge >= 0.3 is 0 Å². The number of carbonyl (C=O) groups excluding carboxylic acids is 1. The van der Waals surface area contributed by atoms with E-state index in [2.05, 4.69) is 15.9 Å². The van der Waals surface area contributed by atoms with Crippen LogP contribution in [0.5, 0.6) is 0 Å². The van der Waals surface area contributed by atoms with Crippen LogP contribution in [0.25, 0.3) is 0 Å². The van der Waals surface area contributed by atoms with E-state index in [9.17, 15) is 9.18 Å². The van der Waals surface area contributed by atoms with Crippen molar-refractivity contribution < 1.29 is 9.18 Å². The molecule has 1 aromatic carbocycles. The lowest BCUT2D eigenvalue weighted by Gasteiger charge is -2.32. The quantitative estimate of drug-likeness (QED) is 0.826. The minimum Gasteiger partial charge on any atom is -0.339 e. The number of benzene rings is 1. The van der Waals surface area contributed by atoms with Crippen molar-refractivity contribution in [2.75, 3.05) is 13.1 Å². The van der Waals surface area contributed by atoms with Crippen LogP contribution in [0.3, 0.4) is 0 Å². The Morgan fingerprint density at radius 1 is 1.50 bits per heavy atom. The Hall–Kier alpha value is -0.900. The molecule has 1 saturated carbocycles. The third-order valence-corrected chi connectivity index (χ3v) is 4.36. The first-order valence-corrected chi connectivity index (χ1v) is 7.16. The first-order chi connectivity index (χ1) is 8.63. The smallest absolute Gasteiger partial charge is 0.255 e. The van der Waals surface area contributed by atoms with Crippen LogP contribution in [-0.2, 0) is 0 Å². The normalized spacial score (nSPS) is 15.3. The zero-order valence-electron chi connectivity index (χ0n) is 10.5. The lowest BCUT2D eigenvalue weighted by atomic mass is 9.85. The van der Waals surface area contributed by atoms with Crippen molar-refractivity contribution in [1.29, 1.82) is 0 Å². The van der Waals surface area contributed by atoms with Gasteiger partial charge in [0.05, 0.1) is 10.0 Å². The summed E-state index contributed by atoms with van der Waals surface area (Å²) in [6.45, 7) is 3.42. The van der Waals surface area contributed by atoms with Gasteiger partial charge in [-0.25, -0.2) is 4.39 Å². The van der Waals surface area contributed by atoms with Crippen molar-refractivity contribution in [1.82, 2.24) is 4.90 Å². The van der Waals surface area contributed by atoms with Crippen molar-refractivity contribution in [3.8, 4) is 0 Å². The van der Waals surface area contributed by atoms with E-state index in [0.29, 0.717) is 18.0 Å². The summed E-state index contributed by atoms with van der Waals surface area (Å²) < 4.78 is 13.7. The van der Waals surface area contributed by atoms with Crippen molar-refractivity contribution in [2.45, 2.75) is 26.2 Å². The highest BCUT2D eigenvalue weighted by Gasteiger charge is 2.24. The lowest BCUT2D eigenvalue weighted by Crippen LogP contribution is -2.37. The molecule has 0 aromatic heterocycles. The Labute approximate surface area is 115 Å². The van der Waals surface area contributed by atoms with E-state index in [0.717, 1.165) is 6.54 Å². The molecule has 1 aromatic rings. The molecule has 1 aliphatic rings. The van der Waals surface area contributed by atoms with Crippen molar-refractivity contribution in [3.05, 3.63) is 34.1 Å². The van der Waals surface area contributed by atoms with E-state index >= 15 is 0 Å². The van der Waals surface area contributed by atoms with Crippen LogP contribution in [0.15, 0.2) is 22.7 Å². The predicted molar refractivity (Wildman–Crippen MR) is 73.0 cm³/mol. The van der Waals surface area contributed by atoms with Crippen molar-refractivity contribution in [3.63, 3.8) is 0 Å². The number of nitrogens with zero attached hydrogens (tertiary/aromatic N) is 1. The molecular formula is C14H17BrFNO. The first kappa shape index (κ1) is 13.5. The van der Waals surface area contributed by atoms with Gasteiger partial charge in [0.15, 0.2) is 0 Å². The van der Waals surface area contributed by atoms with Gasteiger partial charge in [0, 0.05) is 13.1 Å². The summed E-state index contributed by atoms with van der Waals surface area (Å²) in [6.07, 6.45) is 3.67. The molecule has 4 heteroatoms. The fourth-order valence-corrected chi connectivity index (χ4v) is 2.62. The van der Waals surface area contributed by atoms with Gasteiger partial charge < -0.3 is 4.90 Å². The Bertz CT molecular complexity index is 445. The van der Waals surface area contributed by atoms with Gasteiger partial charge in [-0.3, -0.25) is 4.79 Å². The van der Waals surface area contributed by atoms with E-state index in [4.69, 9.17) is 0 Å². The first-order valence-electron chi connectivity index (χ1n) is 6.36. The summed E-state index contributed by atoms with van der Waals surface area (Å²) in [7, 11) is 0. The van der Waals surface area contributed by atoms with Gasteiger partial charge in [0.2, 0.25) is 0 Å². The molecule has 0 aliphatic heterocycles. The summed E-state index contributed by atoms with van der Waals surface area (Å²) in [5, 5.41) is 0. The van der Waals surface area contributed by atoms with Gasteiger partial charge in [0.1, 0.15) is 5.82 Å². The number of carbonyl (C=O) groups is 1. The largest absolute Gasteiger partial charge is 0.339 e. The van der Waals surface area contributed by atoms with Gasteiger partial charge in [0.25, 0.3) is 5.91 Å². The topological polar surface area (TPSA) is 20.3 Å². The standard InChI is InChI=1S/C14H17BrFNO/c1-2-17(9-10-5-3-6-10)14(18)11-7-4-8-12(16)13(11)15/h4,7-8,10H,2-3,5-6,9H2,1H3. The van der Waals surface area contributed by atoms with Gasteiger partial charge in [-0.15, -0.1) is 0 Å². The zero-order chi connectivity index (χ0) is 13.1. The van der Waals surface area contributed by atoms with Crippen LogP contribution >= 0.6 is 15.9 Å². The summed E-state index contributed by atoms with van der Waals surface area (Å²) in [6, 6.07) is 4.59. The van der Waals surface area contributed by atoms with E-state index in [-0.39, 0.29) is 16.2 Å². The fourth-order valence-electron chi connectivity index (χ4n) is 2.18.